The molecule has 2 aliphatic heterocycles. The van der Waals surface area contributed by atoms with E-state index in [2.05, 4.69) is 0 Å². The summed E-state index contributed by atoms with van der Waals surface area (Å²) in [5.41, 5.74) is 0. The van der Waals surface area contributed by atoms with Crippen molar-refractivity contribution < 1.29 is 24.5 Å². The molecule has 0 aromatic heterocycles. The van der Waals surface area contributed by atoms with Crippen LogP contribution in [-0.4, -0.2) is 77.5 Å². The molecule has 2 N–H and O–H groups in total. The zero-order valence-electron chi connectivity index (χ0n) is 11.5. The number of aliphatic carboxylic acids is 1. The van der Waals surface area contributed by atoms with E-state index in [1.165, 1.54) is 0 Å². The van der Waals surface area contributed by atoms with Crippen molar-refractivity contribution >= 4 is 12.0 Å². The first-order valence-corrected chi connectivity index (χ1v) is 7.08. The summed E-state index contributed by atoms with van der Waals surface area (Å²) in [5.74, 6) is -0.768. The molecule has 0 spiro atoms. The Labute approximate surface area is 118 Å². The number of piperidine rings is 1. The van der Waals surface area contributed by atoms with Gasteiger partial charge in [0, 0.05) is 26.1 Å². The molecular formula is C13H22N2O5. The van der Waals surface area contributed by atoms with E-state index in [1.807, 2.05) is 0 Å². The number of carboxylic acid groups (broad SMARTS) is 1. The number of carbonyl (C=O) groups is 2. The summed E-state index contributed by atoms with van der Waals surface area (Å²) in [6, 6.07) is -0.0677. The highest BCUT2D eigenvalue weighted by Gasteiger charge is 2.31. The number of hydrogen-bond donors (Lipinski definition) is 2. The Hall–Kier alpha value is -1.34. The number of morpholine rings is 1. The number of ether oxygens (including phenoxy) is 1. The summed E-state index contributed by atoms with van der Waals surface area (Å²) in [6.07, 6.45) is 1.51. The van der Waals surface area contributed by atoms with Crippen LogP contribution in [0.5, 0.6) is 0 Å². The molecule has 7 heteroatoms. The molecular weight excluding hydrogens is 264 g/mol. The Morgan fingerprint density at radius 2 is 1.95 bits per heavy atom. The zero-order valence-corrected chi connectivity index (χ0v) is 11.5. The Morgan fingerprint density at radius 3 is 2.65 bits per heavy atom. The SMILES string of the molecule is O=C(O)CC1CCCN(C(=O)N2CCOC(CO)C2)C1. The predicted molar refractivity (Wildman–Crippen MR) is 70.3 cm³/mol. The van der Waals surface area contributed by atoms with Crippen molar-refractivity contribution in [2.45, 2.75) is 25.4 Å². The second-order valence-electron chi connectivity index (χ2n) is 5.46. The molecule has 2 fully saturated rings. The molecule has 0 aromatic rings. The fraction of sp³-hybridized carbons (Fsp3) is 0.846. The smallest absolute Gasteiger partial charge is 0.320 e. The van der Waals surface area contributed by atoms with Gasteiger partial charge in [-0.05, 0) is 18.8 Å². The van der Waals surface area contributed by atoms with E-state index in [4.69, 9.17) is 14.9 Å². The summed E-state index contributed by atoms with van der Waals surface area (Å²) < 4.78 is 5.33. The van der Waals surface area contributed by atoms with Crippen LogP contribution in [0.25, 0.3) is 0 Å². The summed E-state index contributed by atoms with van der Waals surface area (Å²) in [5, 5.41) is 17.9. The lowest BCUT2D eigenvalue weighted by Crippen LogP contribution is -2.53. The minimum absolute atomic E-state index is 0.0416. The van der Waals surface area contributed by atoms with Gasteiger partial charge in [-0.1, -0.05) is 0 Å². The molecule has 2 saturated heterocycles. The monoisotopic (exact) mass is 286 g/mol. The van der Waals surface area contributed by atoms with Gasteiger partial charge in [0.15, 0.2) is 0 Å². The number of nitrogens with zero attached hydrogens (tertiary/aromatic N) is 2. The Morgan fingerprint density at radius 1 is 1.20 bits per heavy atom. The van der Waals surface area contributed by atoms with E-state index in [0.717, 1.165) is 12.8 Å². The second-order valence-corrected chi connectivity index (χ2v) is 5.46. The third-order valence-electron chi connectivity index (χ3n) is 3.87. The minimum Gasteiger partial charge on any atom is -0.481 e. The Kier molecular flexibility index (Phi) is 5.19. The summed E-state index contributed by atoms with van der Waals surface area (Å²) in [6.45, 7) is 2.45. The Bertz CT molecular complexity index is 363. The number of hydrogen-bond acceptors (Lipinski definition) is 4. The van der Waals surface area contributed by atoms with Crippen molar-refractivity contribution in [2.75, 3.05) is 39.4 Å². The summed E-state index contributed by atoms with van der Waals surface area (Å²) >= 11 is 0. The molecule has 2 rings (SSSR count). The number of aliphatic hydroxyl groups is 1. The minimum atomic E-state index is -0.809. The van der Waals surface area contributed by atoms with Gasteiger partial charge in [-0.15, -0.1) is 0 Å². The maximum absolute atomic E-state index is 12.4. The van der Waals surface area contributed by atoms with Crippen molar-refractivity contribution in [3.63, 3.8) is 0 Å². The summed E-state index contributed by atoms with van der Waals surface area (Å²) in [7, 11) is 0. The number of carbonyl (C=O) groups excluding carboxylic acids is 1. The first-order chi connectivity index (χ1) is 9.60. The largest absolute Gasteiger partial charge is 0.481 e. The number of likely N-dealkylation sites (tertiary alicyclic amines) is 1. The van der Waals surface area contributed by atoms with Gasteiger partial charge < -0.3 is 24.7 Å². The van der Waals surface area contributed by atoms with Crippen molar-refractivity contribution in [3.8, 4) is 0 Å². The van der Waals surface area contributed by atoms with Crippen LogP contribution in [0, 0.1) is 5.92 Å². The number of amides is 2. The van der Waals surface area contributed by atoms with Gasteiger partial charge in [0.25, 0.3) is 0 Å². The van der Waals surface area contributed by atoms with E-state index in [1.54, 1.807) is 9.80 Å². The fourth-order valence-electron chi connectivity index (χ4n) is 2.86. The van der Waals surface area contributed by atoms with Gasteiger partial charge in [0.1, 0.15) is 0 Å². The normalized spacial score (nSPS) is 27.4. The van der Waals surface area contributed by atoms with Gasteiger partial charge in [0.2, 0.25) is 0 Å². The number of carboxylic acids is 1. The quantitative estimate of drug-likeness (QED) is 0.761. The topological polar surface area (TPSA) is 90.3 Å². The van der Waals surface area contributed by atoms with Gasteiger partial charge in [-0.25, -0.2) is 4.79 Å². The molecule has 0 aromatic carbocycles. The van der Waals surface area contributed by atoms with Gasteiger partial charge >= 0.3 is 12.0 Å². The van der Waals surface area contributed by atoms with Crippen LogP contribution in [0.1, 0.15) is 19.3 Å². The molecule has 0 bridgehead atoms. The second kappa shape index (κ2) is 6.90. The van der Waals surface area contributed by atoms with Crippen molar-refractivity contribution in [1.29, 1.82) is 0 Å². The molecule has 2 unspecified atom stereocenters. The number of rotatable bonds is 3. The van der Waals surface area contributed by atoms with Crippen LogP contribution in [0.15, 0.2) is 0 Å². The average molecular weight is 286 g/mol. The van der Waals surface area contributed by atoms with Gasteiger partial charge in [-0.3, -0.25) is 4.79 Å². The van der Waals surface area contributed by atoms with Crippen molar-refractivity contribution in [3.05, 3.63) is 0 Å². The molecule has 7 nitrogen and oxygen atoms in total. The van der Waals surface area contributed by atoms with Crippen LogP contribution >= 0.6 is 0 Å². The lowest BCUT2D eigenvalue weighted by Gasteiger charge is -2.39. The molecule has 0 saturated carbocycles. The maximum atomic E-state index is 12.4. The molecule has 2 heterocycles. The van der Waals surface area contributed by atoms with Gasteiger partial charge in [-0.2, -0.15) is 0 Å². The van der Waals surface area contributed by atoms with Crippen LogP contribution in [0.4, 0.5) is 4.79 Å². The predicted octanol–water partition coefficient (Wildman–Crippen LogP) is -0.0138. The molecule has 2 aliphatic rings. The van der Waals surface area contributed by atoms with E-state index in [-0.39, 0.29) is 31.1 Å². The summed E-state index contributed by atoms with van der Waals surface area (Å²) in [4.78, 5) is 26.6. The first kappa shape index (κ1) is 15.1. The van der Waals surface area contributed by atoms with Crippen LogP contribution in [-0.2, 0) is 9.53 Å². The lowest BCUT2D eigenvalue weighted by atomic mass is 9.95. The van der Waals surface area contributed by atoms with Crippen molar-refractivity contribution in [2.24, 2.45) is 5.92 Å². The standard InChI is InChI=1S/C13H22N2O5/c16-9-11-8-15(4-5-20-11)13(19)14-3-1-2-10(7-14)6-12(17)18/h10-11,16H,1-9H2,(H,17,18). The number of aliphatic hydroxyl groups excluding tert-OH is 1. The highest BCUT2D eigenvalue weighted by molar-refractivity contribution is 5.75. The molecule has 2 atom stereocenters. The van der Waals surface area contributed by atoms with E-state index < -0.39 is 5.97 Å². The zero-order chi connectivity index (χ0) is 14.5. The third kappa shape index (κ3) is 3.83. The van der Waals surface area contributed by atoms with Crippen LogP contribution in [0.2, 0.25) is 0 Å². The average Bonchev–Trinajstić information content (AvgIpc) is 2.46. The van der Waals surface area contributed by atoms with Crippen LogP contribution < -0.4 is 0 Å². The number of urea groups is 1. The van der Waals surface area contributed by atoms with E-state index in [0.29, 0.717) is 32.8 Å². The van der Waals surface area contributed by atoms with Gasteiger partial charge in [0.05, 0.1) is 25.9 Å². The molecule has 114 valence electrons. The molecule has 0 aliphatic carbocycles. The van der Waals surface area contributed by atoms with Crippen molar-refractivity contribution in [1.82, 2.24) is 9.80 Å². The maximum Gasteiger partial charge on any atom is 0.320 e. The lowest BCUT2D eigenvalue weighted by molar-refractivity contribution is -0.138. The fourth-order valence-corrected chi connectivity index (χ4v) is 2.86. The first-order valence-electron chi connectivity index (χ1n) is 7.08. The third-order valence-corrected chi connectivity index (χ3v) is 3.87. The molecule has 2 amide bonds. The highest BCUT2D eigenvalue weighted by Crippen LogP contribution is 2.21. The van der Waals surface area contributed by atoms with E-state index in [9.17, 15) is 9.59 Å². The van der Waals surface area contributed by atoms with E-state index >= 15 is 0 Å². The Balaban J connectivity index is 1.89. The van der Waals surface area contributed by atoms with Crippen LogP contribution in [0.3, 0.4) is 0 Å². The molecule has 0 radical (unpaired) electrons. The molecule has 20 heavy (non-hydrogen) atoms. The highest BCUT2D eigenvalue weighted by atomic mass is 16.5.